The van der Waals surface area contributed by atoms with Crippen molar-refractivity contribution < 1.29 is 12.8 Å². The lowest BCUT2D eigenvalue weighted by molar-refractivity contribution is 0.489. The van der Waals surface area contributed by atoms with Crippen molar-refractivity contribution in [2.24, 2.45) is 0 Å². The van der Waals surface area contributed by atoms with Crippen molar-refractivity contribution in [1.82, 2.24) is 13.9 Å². The number of anilines is 1. The van der Waals surface area contributed by atoms with Crippen LogP contribution in [0.15, 0.2) is 69.0 Å². The highest BCUT2D eigenvalue weighted by molar-refractivity contribution is 7.93. The first-order chi connectivity index (χ1) is 13.0. The van der Waals surface area contributed by atoms with Crippen LogP contribution in [-0.2, 0) is 10.0 Å². The van der Waals surface area contributed by atoms with E-state index in [1.807, 2.05) is 37.3 Å². The van der Waals surface area contributed by atoms with Crippen molar-refractivity contribution in [3.05, 3.63) is 71.0 Å². The van der Waals surface area contributed by atoms with Crippen molar-refractivity contribution in [3.63, 3.8) is 0 Å². The van der Waals surface area contributed by atoms with E-state index in [4.69, 9.17) is 4.42 Å². The van der Waals surface area contributed by atoms with Gasteiger partial charge in [0.25, 0.3) is 10.0 Å². The van der Waals surface area contributed by atoms with E-state index in [9.17, 15) is 13.2 Å². The molecule has 0 amide bonds. The summed E-state index contributed by atoms with van der Waals surface area (Å²) in [6.45, 7) is 1.88. The molecule has 2 aromatic carbocycles. The highest BCUT2D eigenvalue weighted by Crippen LogP contribution is 2.25. The Morgan fingerprint density at radius 3 is 2.67 bits per heavy atom. The van der Waals surface area contributed by atoms with Gasteiger partial charge in [-0.2, -0.15) is 4.37 Å². The fourth-order valence-electron chi connectivity index (χ4n) is 2.82. The molecule has 0 saturated heterocycles. The number of nitrogens with one attached hydrogen (secondary N) is 1. The van der Waals surface area contributed by atoms with Crippen LogP contribution in [0.2, 0.25) is 0 Å². The van der Waals surface area contributed by atoms with Gasteiger partial charge in [0.05, 0.1) is 16.5 Å². The second-order valence-corrected chi connectivity index (χ2v) is 8.27. The van der Waals surface area contributed by atoms with Gasteiger partial charge in [-0.05, 0) is 24.6 Å². The molecule has 4 rings (SSSR count). The predicted octanol–water partition coefficient (Wildman–Crippen LogP) is 2.86. The van der Waals surface area contributed by atoms with Gasteiger partial charge in [-0.15, -0.1) is 0 Å². The number of hydrogen-bond acceptors (Lipinski definition) is 7. The molecule has 0 aliphatic rings. The summed E-state index contributed by atoms with van der Waals surface area (Å²) >= 11 is 0.927. The van der Waals surface area contributed by atoms with Gasteiger partial charge in [-0.1, -0.05) is 30.3 Å². The van der Waals surface area contributed by atoms with Crippen molar-refractivity contribution in [3.8, 4) is 0 Å². The first kappa shape index (κ1) is 17.4. The predicted molar refractivity (Wildman–Crippen MR) is 101 cm³/mol. The molecule has 0 aliphatic heterocycles. The molecule has 2 aromatic heterocycles. The van der Waals surface area contributed by atoms with E-state index < -0.39 is 15.8 Å². The van der Waals surface area contributed by atoms with Gasteiger partial charge in [0.2, 0.25) is 5.13 Å². The van der Waals surface area contributed by atoms with Crippen LogP contribution in [-0.4, -0.2) is 22.3 Å². The second kappa shape index (κ2) is 6.63. The monoisotopic (exact) mass is 402 g/mol. The van der Waals surface area contributed by atoms with E-state index in [0.29, 0.717) is 5.52 Å². The van der Waals surface area contributed by atoms with Crippen molar-refractivity contribution in [1.29, 1.82) is 0 Å². The van der Waals surface area contributed by atoms with Crippen LogP contribution in [0, 0.1) is 0 Å². The SMILES string of the molecule is C[C@@H](c1ccccc1)n1c(=O)oc2cc(S(=O)(=O)Nc3ncns3)ccc21. The highest BCUT2D eigenvalue weighted by atomic mass is 32.2. The zero-order valence-electron chi connectivity index (χ0n) is 14.1. The fourth-order valence-corrected chi connectivity index (χ4v) is 4.50. The summed E-state index contributed by atoms with van der Waals surface area (Å²) in [5.41, 5.74) is 1.66. The minimum atomic E-state index is -3.86. The second-order valence-electron chi connectivity index (χ2n) is 5.81. The fraction of sp³-hybridized carbons (Fsp3) is 0.118. The molecular formula is C17H14N4O4S2. The Bertz CT molecular complexity index is 1250. The maximum absolute atomic E-state index is 12.5. The maximum Gasteiger partial charge on any atom is 0.420 e. The Kier molecular flexibility index (Phi) is 4.28. The quantitative estimate of drug-likeness (QED) is 0.550. The lowest BCUT2D eigenvalue weighted by Crippen LogP contribution is -2.19. The number of aromatic nitrogens is 3. The van der Waals surface area contributed by atoms with Gasteiger partial charge in [0.15, 0.2) is 5.58 Å². The molecule has 0 unspecified atom stereocenters. The van der Waals surface area contributed by atoms with E-state index in [1.54, 1.807) is 6.07 Å². The lowest BCUT2D eigenvalue weighted by Gasteiger charge is -2.13. The Balaban J connectivity index is 1.76. The molecule has 0 fully saturated rings. The standard InChI is InChI=1S/C17H14N4O4S2/c1-11(12-5-3-2-4-6-12)21-14-8-7-13(9-15(14)25-17(21)22)27(23,24)20-16-18-10-19-26-16/h2-11H,1H3,(H,18,19,20)/t11-/m0/s1. The van der Waals surface area contributed by atoms with Crippen LogP contribution in [0.3, 0.4) is 0 Å². The molecule has 2 heterocycles. The normalized spacial score (nSPS) is 12.9. The van der Waals surface area contributed by atoms with Crippen LogP contribution in [0.4, 0.5) is 5.13 Å². The minimum Gasteiger partial charge on any atom is -0.408 e. The van der Waals surface area contributed by atoms with E-state index in [1.165, 1.54) is 23.0 Å². The molecule has 10 heteroatoms. The van der Waals surface area contributed by atoms with Gasteiger partial charge in [0.1, 0.15) is 6.33 Å². The van der Waals surface area contributed by atoms with Gasteiger partial charge in [-0.3, -0.25) is 9.29 Å². The van der Waals surface area contributed by atoms with Gasteiger partial charge < -0.3 is 4.42 Å². The van der Waals surface area contributed by atoms with Crippen LogP contribution >= 0.6 is 11.5 Å². The Hall–Kier alpha value is -2.98. The molecular weight excluding hydrogens is 388 g/mol. The molecule has 0 radical (unpaired) electrons. The third-order valence-corrected chi connectivity index (χ3v) is 6.19. The highest BCUT2D eigenvalue weighted by Gasteiger charge is 2.21. The number of benzene rings is 2. The number of fused-ring (bicyclic) bond motifs is 1. The van der Waals surface area contributed by atoms with E-state index >= 15 is 0 Å². The zero-order valence-corrected chi connectivity index (χ0v) is 15.7. The first-order valence-electron chi connectivity index (χ1n) is 7.95. The van der Waals surface area contributed by atoms with Gasteiger partial charge in [0, 0.05) is 17.6 Å². The summed E-state index contributed by atoms with van der Waals surface area (Å²) in [5.74, 6) is -0.548. The first-order valence-corrected chi connectivity index (χ1v) is 10.2. The molecule has 27 heavy (non-hydrogen) atoms. The third kappa shape index (κ3) is 3.24. The molecule has 138 valence electrons. The largest absolute Gasteiger partial charge is 0.420 e. The average molecular weight is 402 g/mol. The van der Waals surface area contributed by atoms with Crippen molar-refractivity contribution >= 4 is 37.8 Å². The number of hydrogen-bond donors (Lipinski definition) is 1. The van der Waals surface area contributed by atoms with Crippen LogP contribution in [0.5, 0.6) is 0 Å². The molecule has 4 aromatic rings. The number of sulfonamides is 1. The smallest absolute Gasteiger partial charge is 0.408 e. The molecule has 1 atom stereocenters. The molecule has 0 spiro atoms. The molecule has 0 aliphatic carbocycles. The van der Waals surface area contributed by atoms with Gasteiger partial charge >= 0.3 is 5.76 Å². The third-order valence-electron chi connectivity index (χ3n) is 4.15. The van der Waals surface area contributed by atoms with E-state index in [2.05, 4.69) is 14.1 Å². The summed E-state index contributed by atoms with van der Waals surface area (Å²) in [4.78, 5) is 16.2. The minimum absolute atomic E-state index is 0.0292. The lowest BCUT2D eigenvalue weighted by atomic mass is 10.1. The molecule has 0 bridgehead atoms. The summed E-state index contributed by atoms with van der Waals surface area (Å²) in [6.07, 6.45) is 1.26. The summed E-state index contributed by atoms with van der Waals surface area (Å²) in [7, 11) is -3.86. The molecule has 0 saturated carbocycles. The maximum atomic E-state index is 12.5. The Morgan fingerprint density at radius 1 is 1.19 bits per heavy atom. The number of nitrogens with zero attached hydrogens (tertiary/aromatic N) is 3. The van der Waals surface area contributed by atoms with Crippen molar-refractivity contribution in [2.45, 2.75) is 17.9 Å². The van der Waals surface area contributed by atoms with E-state index in [-0.39, 0.29) is 21.7 Å². The average Bonchev–Trinajstić information content (AvgIpc) is 3.27. The molecule has 8 nitrogen and oxygen atoms in total. The summed E-state index contributed by atoms with van der Waals surface area (Å²) in [5, 5.41) is 0.159. The Labute approximate surface area is 158 Å². The van der Waals surface area contributed by atoms with Crippen LogP contribution < -0.4 is 10.5 Å². The van der Waals surface area contributed by atoms with Crippen LogP contribution in [0.1, 0.15) is 18.5 Å². The van der Waals surface area contributed by atoms with E-state index in [0.717, 1.165) is 17.1 Å². The van der Waals surface area contributed by atoms with Gasteiger partial charge in [-0.25, -0.2) is 18.2 Å². The summed E-state index contributed by atoms with van der Waals surface area (Å²) < 4.78 is 37.9. The number of rotatable bonds is 5. The van der Waals surface area contributed by atoms with Crippen LogP contribution in [0.25, 0.3) is 11.1 Å². The summed E-state index contributed by atoms with van der Waals surface area (Å²) in [6, 6.07) is 13.6. The zero-order chi connectivity index (χ0) is 19.0. The van der Waals surface area contributed by atoms with Crippen molar-refractivity contribution in [2.75, 3.05) is 4.72 Å². The molecule has 1 N–H and O–H groups in total. The topological polar surface area (TPSA) is 107 Å². The number of oxazole rings is 1. The Morgan fingerprint density at radius 2 is 1.96 bits per heavy atom.